The van der Waals surface area contributed by atoms with Gasteiger partial charge < -0.3 is 5.11 Å². The van der Waals surface area contributed by atoms with E-state index in [0.717, 1.165) is 0 Å². The van der Waals surface area contributed by atoms with Crippen molar-refractivity contribution in [3.8, 4) is 0 Å². The van der Waals surface area contributed by atoms with Gasteiger partial charge in [0.1, 0.15) is 0 Å². The Balaban J connectivity index is 0. The molecule has 60 valence electrons. The summed E-state index contributed by atoms with van der Waals surface area (Å²) in [6, 6.07) is 0. The van der Waals surface area contributed by atoms with Gasteiger partial charge in [0.25, 0.3) is 0 Å². The van der Waals surface area contributed by atoms with E-state index in [-0.39, 0.29) is 30.0 Å². The molecule has 0 fully saturated rings. The molecular weight excluding hydrogens is 131 g/mol. The first-order chi connectivity index (χ1) is 4.34. The van der Waals surface area contributed by atoms with E-state index in [1.165, 1.54) is 0 Å². The Kier molecular flexibility index (Phi) is 6.11. The zero-order valence-corrected chi connectivity index (χ0v) is 8.56. The van der Waals surface area contributed by atoms with Crippen LogP contribution in [0.2, 0.25) is 0 Å². The van der Waals surface area contributed by atoms with Crippen LogP contribution in [0.25, 0.3) is 0 Å². The van der Waals surface area contributed by atoms with Crippen LogP contribution in [-0.2, 0) is 0 Å². The van der Waals surface area contributed by atoms with Crippen molar-refractivity contribution in [2.75, 3.05) is 0 Å². The average Bonchev–Trinajstić information content (AvgIpc) is 1.60. The third-order valence-corrected chi connectivity index (χ3v) is 1.22. The van der Waals surface area contributed by atoms with E-state index >= 15 is 0 Å². The molecular formula is C9H17LiO. The molecule has 0 radical (unpaired) electrons. The molecule has 0 atom stereocenters. The first-order valence-electron chi connectivity index (χ1n) is 3.73. The van der Waals surface area contributed by atoms with Gasteiger partial charge in [0.2, 0.25) is 0 Å². The van der Waals surface area contributed by atoms with Crippen molar-refractivity contribution in [2.24, 2.45) is 11.3 Å². The van der Waals surface area contributed by atoms with Crippen molar-refractivity contribution < 1.29 is 24.0 Å². The van der Waals surface area contributed by atoms with E-state index in [4.69, 9.17) is 0 Å². The van der Waals surface area contributed by atoms with E-state index in [9.17, 15) is 5.11 Å². The van der Waals surface area contributed by atoms with Crippen LogP contribution in [0, 0.1) is 11.3 Å². The largest absolute Gasteiger partial charge is 1.00 e. The van der Waals surface area contributed by atoms with Crippen LogP contribution in [0.4, 0.5) is 0 Å². The van der Waals surface area contributed by atoms with Crippen LogP contribution >= 0.6 is 0 Å². The second kappa shape index (κ2) is 4.90. The van der Waals surface area contributed by atoms with Gasteiger partial charge >= 0.3 is 18.9 Å². The molecule has 0 saturated heterocycles. The number of hydrogen-bond donors (Lipinski definition) is 0. The molecule has 0 aromatic heterocycles. The first kappa shape index (κ1) is 13.7. The van der Waals surface area contributed by atoms with Gasteiger partial charge in [-0.2, -0.15) is 0 Å². The minimum absolute atomic E-state index is 0. The Morgan fingerprint density at radius 1 is 1.27 bits per heavy atom. The Bertz CT molecular complexity index is 131. The summed E-state index contributed by atoms with van der Waals surface area (Å²) < 4.78 is 0. The van der Waals surface area contributed by atoms with E-state index in [1.807, 2.05) is 34.6 Å². The van der Waals surface area contributed by atoms with Crippen LogP contribution in [0.1, 0.15) is 34.6 Å². The Labute approximate surface area is 82.1 Å². The predicted molar refractivity (Wildman–Crippen MR) is 42.4 cm³/mol. The predicted octanol–water partition coefficient (Wildman–Crippen LogP) is -1.06. The molecule has 0 aromatic carbocycles. The molecule has 0 aliphatic rings. The molecule has 2 heteroatoms. The quantitative estimate of drug-likeness (QED) is 0.343. The fourth-order valence-corrected chi connectivity index (χ4v) is 0.553. The molecule has 0 aliphatic carbocycles. The van der Waals surface area contributed by atoms with Crippen molar-refractivity contribution >= 4 is 0 Å². The van der Waals surface area contributed by atoms with Crippen LogP contribution in [0.15, 0.2) is 11.8 Å². The molecule has 0 unspecified atom stereocenters. The summed E-state index contributed by atoms with van der Waals surface area (Å²) in [6.45, 7) is 9.85. The number of rotatable bonds is 1. The van der Waals surface area contributed by atoms with Crippen LogP contribution < -0.4 is 24.0 Å². The van der Waals surface area contributed by atoms with Gasteiger partial charge in [-0.1, -0.05) is 40.7 Å². The maximum absolute atomic E-state index is 11.2. The van der Waals surface area contributed by atoms with E-state index in [2.05, 4.69) is 0 Å². The second-order valence-electron chi connectivity index (χ2n) is 4.02. The summed E-state index contributed by atoms with van der Waals surface area (Å²) in [4.78, 5) is 0. The van der Waals surface area contributed by atoms with Crippen molar-refractivity contribution in [1.29, 1.82) is 0 Å². The van der Waals surface area contributed by atoms with Gasteiger partial charge in [-0.3, -0.25) is 0 Å². The molecule has 0 heterocycles. The summed E-state index contributed by atoms with van der Waals surface area (Å²) >= 11 is 0. The Morgan fingerprint density at radius 2 is 1.64 bits per heavy atom. The molecule has 0 rings (SSSR count). The summed E-state index contributed by atoms with van der Waals surface area (Å²) in [7, 11) is 0. The zero-order valence-electron chi connectivity index (χ0n) is 8.56. The Morgan fingerprint density at radius 3 is 1.73 bits per heavy atom. The molecule has 0 N–H and O–H groups in total. The van der Waals surface area contributed by atoms with Crippen LogP contribution in [0.5, 0.6) is 0 Å². The van der Waals surface area contributed by atoms with E-state index < -0.39 is 0 Å². The maximum Gasteiger partial charge on any atom is 1.00 e. The third kappa shape index (κ3) is 6.53. The monoisotopic (exact) mass is 148 g/mol. The van der Waals surface area contributed by atoms with E-state index in [0.29, 0.717) is 5.92 Å². The smallest absolute Gasteiger partial charge is 0.875 e. The second-order valence-corrected chi connectivity index (χ2v) is 4.02. The molecule has 0 aromatic rings. The summed E-state index contributed by atoms with van der Waals surface area (Å²) in [5, 5.41) is 11.2. The number of hydrogen-bond acceptors (Lipinski definition) is 1. The zero-order chi connectivity index (χ0) is 8.36. The fourth-order valence-electron chi connectivity index (χ4n) is 0.553. The number of allylic oxidation sites excluding steroid dienone is 2. The fraction of sp³-hybridized carbons (Fsp3) is 0.778. The standard InChI is InChI=1S/C9H18O.Li/c1-7(2)6-8(10)9(3,4)5;/h6-7,10H,1-5H3;/q;+1/p-1/b8-6-;. The minimum atomic E-state index is -0.204. The molecule has 1 nitrogen and oxygen atoms in total. The molecule has 0 spiro atoms. The first-order valence-corrected chi connectivity index (χ1v) is 3.73. The summed E-state index contributed by atoms with van der Waals surface area (Å²) in [5.74, 6) is 0.606. The van der Waals surface area contributed by atoms with Gasteiger partial charge in [-0.15, -0.1) is 5.76 Å². The summed E-state index contributed by atoms with van der Waals surface area (Å²) in [6.07, 6.45) is 1.78. The van der Waals surface area contributed by atoms with Gasteiger partial charge in [-0.25, -0.2) is 0 Å². The van der Waals surface area contributed by atoms with Crippen LogP contribution in [0.3, 0.4) is 0 Å². The van der Waals surface area contributed by atoms with Gasteiger partial charge in [-0.05, 0) is 11.3 Å². The summed E-state index contributed by atoms with van der Waals surface area (Å²) in [5.41, 5.74) is -0.204. The topological polar surface area (TPSA) is 23.1 Å². The molecule has 0 aliphatic heterocycles. The Hall–Kier alpha value is 0.137. The van der Waals surface area contributed by atoms with Crippen molar-refractivity contribution in [1.82, 2.24) is 0 Å². The molecule has 0 amide bonds. The minimum Gasteiger partial charge on any atom is -0.875 e. The van der Waals surface area contributed by atoms with Crippen molar-refractivity contribution in [3.05, 3.63) is 11.8 Å². The SMILES string of the molecule is CC(C)/C=C(\[O-])C(C)(C)C.[Li+]. The van der Waals surface area contributed by atoms with E-state index in [1.54, 1.807) is 6.08 Å². The maximum atomic E-state index is 11.2. The normalized spacial score (nSPS) is 13.1. The van der Waals surface area contributed by atoms with Gasteiger partial charge in [0.05, 0.1) is 0 Å². The molecule has 0 saturated carbocycles. The van der Waals surface area contributed by atoms with Crippen molar-refractivity contribution in [2.45, 2.75) is 34.6 Å². The average molecular weight is 148 g/mol. The van der Waals surface area contributed by atoms with Crippen LogP contribution in [-0.4, -0.2) is 0 Å². The molecule has 11 heavy (non-hydrogen) atoms. The van der Waals surface area contributed by atoms with Gasteiger partial charge in [0.15, 0.2) is 0 Å². The van der Waals surface area contributed by atoms with Crippen molar-refractivity contribution in [3.63, 3.8) is 0 Å². The third-order valence-electron chi connectivity index (χ3n) is 1.22. The molecule has 0 bridgehead atoms. The van der Waals surface area contributed by atoms with Gasteiger partial charge in [0, 0.05) is 0 Å².